The van der Waals surface area contributed by atoms with Crippen LogP contribution in [0.4, 0.5) is 5.69 Å². The molecule has 0 radical (unpaired) electrons. The van der Waals surface area contributed by atoms with Gasteiger partial charge in [0.2, 0.25) is 0 Å². The molecule has 4 heteroatoms. The van der Waals surface area contributed by atoms with Gasteiger partial charge in [-0.15, -0.1) is 0 Å². The second-order valence-corrected chi connectivity index (χ2v) is 2.82. The van der Waals surface area contributed by atoms with E-state index >= 15 is 0 Å². The van der Waals surface area contributed by atoms with Crippen LogP contribution >= 0.6 is 0 Å². The summed E-state index contributed by atoms with van der Waals surface area (Å²) in [6, 6.07) is 7.31. The average molecular weight is 194 g/mol. The topological polar surface area (TPSA) is 64.3 Å². The van der Waals surface area contributed by atoms with Gasteiger partial charge in [0.05, 0.1) is 13.0 Å². The molecule has 0 atom stereocenters. The van der Waals surface area contributed by atoms with Crippen molar-refractivity contribution >= 4 is 11.7 Å². The summed E-state index contributed by atoms with van der Waals surface area (Å²) in [5, 5.41) is 0. The molecular weight excluding hydrogens is 180 g/mol. The fourth-order valence-corrected chi connectivity index (χ4v) is 1.10. The van der Waals surface area contributed by atoms with E-state index in [0.717, 1.165) is 11.3 Å². The van der Waals surface area contributed by atoms with E-state index in [0.29, 0.717) is 13.0 Å². The van der Waals surface area contributed by atoms with E-state index in [1.165, 1.54) is 0 Å². The fourth-order valence-electron chi connectivity index (χ4n) is 1.10. The third-order valence-corrected chi connectivity index (χ3v) is 1.77. The molecule has 1 aromatic carbocycles. The number of esters is 1. The van der Waals surface area contributed by atoms with Crippen LogP contribution in [0.15, 0.2) is 24.3 Å². The molecule has 0 fully saturated rings. The van der Waals surface area contributed by atoms with E-state index in [1.54, 1.807) is 6.92 Å². The molecule has 0 aliphatic heterocycles. The van der Waals surface area contributed by atoms with Gasteiger partial charge in [-0.05, 0) is 24.6 Å². The predicted octanol–water partition coefficient (Wildman–Crippen LogP) is 1.08. The first kappa shape index (κ1) is 10.5. The Hall–Kier alpha value is -1.55. The van der Waals surface area contributed by atoms with Crippen molar-refractivity contribution in [2.45, 2.75) is 13.3 Å². The summed E-state index contributed by atoms with van der Waals surface area (Å²) >= 11 is 0. The average Bonchev–Trinajstić information content (AvgIpc) is 2.19. The Labute approximate surface area is 83.0 Å². The van der Waals surface area contributed by atoms with E-state index < -0.39 is 0 Å². The summed E-state index contributed by atoms with van der Waals surface area (Å²) in [6.45, 7) is 2.21. The zero-order chi connectivity index (χ0) is 10.4. The van der Waals surface area contributed by atoms with Gasteiger partial charge in [0.15, 0.2) is 0 Å². The van der Waals surface area contributed by atoms with Gasteiger partial charge in [-0.3, -0.25) is 10.6 Å². The lowest BCUT2D eigenvalue weighted by molar-refractivity contribution is -0.142. The molecule has 0 bridgehead atoms. The third-order valence-electron chi connectivity index (χ3n) is 1.77. The molecule has 0 saturated carbocycles. The van der Waals surface area contributed by atoms with Crippen molar-refractivity contribution in [3.63, 3.8) is 0 Å². The summed E-state index contributed by atoms with van der Waals surface area (Å²) in [5.41, 5.74) is 4.25. The molecule has 0 amide bonds. The molecule has 0 spiro atoms. The maximum absolute atomic E-state index is 11.1. The zero-order valence-electron chi connectivity index (χ0n) is 8.12. The Kier molecular flexibility index (Phi) is 3.94. The van der Waals surface area contributed by atoms with Gasteiger partial charge in [-0.2, -0.15) is 0 Å². The highest BCUT2D eigenvalue weighted by Gasteiger charge is 2.02. The lowest BCUT2D eigenvalue weighted by Crippen LogP contribution is -2.08. The van der Waals surface area contributed by atoms with Gasteiger partial charge < -0.3 is 10.2 Å². The summed E-state index contributed by atoms with van der Waals surface area (Å²) in [6.07, 6.45) is 0.304. The Morgan fingerprint density at radius 1 is 1.43 bits per heavy atom. The summed E-state index contributed by atoms with van der Waals surface area (Å²) in [5.74, 6) is 5.00. The lowest BCUT2D eigenvalue weighted by atomic mass is 10.1. The molecule has 0 unspecified atom stereocenters. The number of nitrogen functional groups attached to an aromatic ring is 1. The van der Waals surface area contributed by atoms with Crippen LogP contribution in [0.3, 0.4) is 0 Å². The van der Waals surface area contributed by atoms with E-state index in [-0.39, 0.29) is 5.97 Å². The fraction of sp³-hybridized carbons (Fsp3) is 0.300. The minimum absolute atomic E-state index is 0.207. The van der Waals surface area contributed by atoms with Crippen LogP contribution in [-0.2, 0) is 16.0 Å². The Morgan fingerprint density at radius 2 is 2.07 bits per heavy atom. The molecule has 0 aliphatic rings. The van der Waals surface area contributed by atoms with Crippen molar-refractivity contribution < 1.29 is 9.53 Å². The number of anilines is 1. The zero-order valence-corrected chi connectivity index (χ0v) is 8.12. The molecule has 0 heterocycles. The third kappa shape index (κ3) is 3.06. The molecule has 0 aromatic heterocycles. The summed E-state index contributed by atoms with van der Waals surface area (Å²) < 4.78 is 4.82. The predicted molar refractivity (Wildman–Crippen MR) is 54.6 cm³/mol. The Bertz CT molecular complexity index is 295. The number of hydrogen-bond donors (Lipinski definition) is 2. The minimum atomic E-state index is -0.207. The SMILES string of the molecule is CCOC(=O)Cc1ccc(NN)cc1. The van der Waals surface area contributed by atoms with Crippen molar-refractivity contribution in [2.75, 3.05) is 12.0 Å². The quantitative estimate of drug-likeness (QED) is 0.427. The van der Waals surface area contributed by atoms with Crippen LogP contribution in [0.25, 0.3) is 0 Å². The number of benzene rings is 1. The maximum Gasteiger partial charge on any atom is 0.310 e. The number of hydrogen-bond acceptors (Lipinski definition) is 4. The van der Waals surface area contributed by atoms with E-state index in [2.05, 4.69) is 5.43 Å². The van der Waals surface area contributed by atoms with E-state index in [4.69, 9.17) is 10.6 Å². The van der Waals surface area contributed by atoms with E-state index in [9.17, 15) is 4.79 Å². The number of carbonyl (C=O) groups is 1. The van der Waals surface area contributed by atoms with Crippen molar-refractivity contribution in [3.05, 3.63) is 29.8 Å². The summed E-state index contributed by atoms with van der Waals surface area (Å²) in [4.78, 5) is 11.1. The molecule has 1 aromatic rings. The number of nitrogens with one attached hydrogen (secondary N) is 1. The monoisotopic (exact) mass is 194 g/mol. The first-order chi connectivity index (χ1) is 6.76. The number of ether oxygens (including phenoxy) is 1. The number of hydrazine groups is 1. The van der Waals surface area contributed by atoms with E-state index in [1.807, 2.05) is 24.3 Å². The normalized spacial score (nSPS) is 9.57. The molecule has 4 nitrogen and oxygen atoms in total. The highest BCUT2D eigenvalue weighted by molar-refractivity contribution is 5.72. The van der Waals surface area contributed by atoms with Crippen LogP contribution in [0, 0.1) is 0 Å². The summed E-state index contributed by atoms with van der Waals surface area (Å²) in [7, 11) is 0. The van der Waals surface area contributed by atoms with Gasteiger partial charge in [-0.1, -0.05) is 12.1 Å². The molecular formula is C10H14N2O2. The first-order valence-corrected chi connectivity index (χ1v) is 4.47. The van der Waals surface area contributed by atoms with Gasteiger partial charge in [0.25, 0.3) is 0 Å². The van der Waals surface area contributed by atoms with Crippen molar-refractivity contribution in [1.82, 2.24) is 0 Å². The number of rotatable bonds is 4. The highest BCUT2D eigenvalue weighted by atomic mass is 16.5. The van der Waals surface area contributed by atoms with Crippen molar-refractivity contribution in [2.24, 2.45) is 5.84 Å². The molecule has 3 N–H and O–H groups in total. The standard InChI is InChI=1S/C10H14N2O2/c1-2-14-10(13)7-8-3-5-9(12-11)6-4-8/h3-6,12H,2,7,11H2,1H3. The molecule has 0 aliphatic carbocycles. The van der Waals surface area contributed by atoms with Crippen LogP contribution in [0.2, 0.25) is 0 Å². The molecule has 1 rings (SSSR count). The number of nitrogens with two attached hydrogens (primary N) is 1. The van der Waals surface area contributed by atoms with Gasteiger partial charge >= 0.3 is 5.97 Å². The molecule has 76 valence electrons. The van der Waals surface area contributed by atoms with Gasteiger partial charge in [0.1, 0.15) is 0 Å². The van der Waals surface area contributed by atoms with Crippen LogP contribution < -0.4 is 11.3 Å². The highest BCUT2D eigenvalue weighted by Crippen LogP contribution is 2.08. The Balaban J connectivity index is 2.55. The smallest absolute Gasteiger partial charge is 0.310 e. The first-order valence-electron chi connectivity index (χ1n) is 4.47. The number of carbonyl (C=O) groups excluding carboxylic acids is 1. The molecule has 0 saturated heterocycles. The largest absolute Gasteiger partial charge is 0.466 e. The maximum atomic E-state index is 11.1. The van der Waals surface area contributed by atoms with Crippen molar-refractivity contribution in [3.8, 4) is 0 Å². The second kappa shape index (κ2) is 5.24. The second-order valence-electron chi connectivity index (χ2n) is 2.82. The lowest BCUT2D eigenvalue weighted by Gasteiger charge is -2.03. The molecule has 14 heavy (non-hydrogen) atoms. The minimum Gasteiger partial charge on any atom is -0.466 e. The van der Waals surface area contributed by atoms with Crippen LogP contribution in [0.1, 0.15) is 12.5 Å². The van der Waals surface area contributed by atoms with Gasteiger partial charge in [-0.25, -0.2) is 0 Å². The van der Waals surface area contributed by atoms with Crippen LogP contribution in [0.5, 0.6) is 0 Å². The van der Waals surface area contributed by atoms with Crippen molar-refractivity contribution in [1.29, 1.82) is 0 Å². The van der Waals surface area contributed by atoms with Gasteiger partial charge in [0, 0.05) is 5.69 Å². The Morgan fingerprint density at radius 3 is 2.57 bits per heavy atom. The van der Waals surface area contributed by atoms with Crippen LogP contribution in [-0.4, -0.2) is 12.6 Å².